The second-order valence-corrected chi connectivity index (χ2v) is 2.83. The van der Waals surface area contributed by atoms with E-state index in [-0.39, 0.29) is 6.61 Å². The summed E-state index contributed by atoms with van der Waals surface area (Å²) in [6.45, 7) is 3.84. The molecule has 0 bridgehead atoms. The molecule has 0 amide bonds. The number of hydrogen-bond donors (Lipinski definition) is 2. The van der Waals surface area contributed by atoms with Crippen LogP contribution in [0.3, 0.4) is 0 Å². The lowest BCUT2D eigenvalue weighted by Gasteiger charge is -2.19. The molecule has 4 N–H and O–H groups in total. The van der Waals surface area contributed by atoms with Gasteiger partial charge in [0, 0.05) is 6.54 Å². The van der Waals surface area contributed by atoms with E-state index in [1.54, 1.807) is 0 Å². The molecule has 0 aliphatic rings. The highest BCUT2D eigenvalue weighted by Gasteiger charge is 2.01. The molecule has 0 saturated heterocycles. The minimum atomic E-state index is -0.0326. The Morgan fingerprint density at radius 1 is 0.917 bits per heavy atom. The van der Waals surface area contributed by atoms with Gasteiger partial charge in [0.25, 0.3) is 0 Å². The van der Waals surface area contributed by atoms with Crippen molar-refractivity contribution < 1.29 is 5.11 Å². The lowest BCUT2D eigenvalue weighted by atomic mass is 10.3. The average molecular weight is 174 g/mol. The zero-order valence-corrected chi connectivity index (χ0v) is 7.67. The Balaban J connectivity index is 3.40. The molecule has 0 spiro atoms. The van der Waals surface area contributed by atoms with Gasteiger partial charge >= 0.3 is 0 Å². The lowest BCUT2D eigenvalue weighted by Crippen LogP contribution is -2.31. The Hall–Kier alpha value is -0.160. The van der Waals surface area contributed by atoms with Gasteiger partial charge in [-0.15, -0.1) is 0 Å². The van der Waals surface area contributed by atoms with Crippen molar-refractivity contribution in [3.05, 3.63) is 0 Å². The summed E-state index contributed by atoms with van der Waals surface area (Å²) in [6, 6.07) is 0. The van der Waals surface area contributed by atoms with E-state index >= 15 is 0 Å². The van der Waals surface area contributed by atoms with Crippen LogP contribution in [0.5, 0.6) is 0 Å². The highest BCUT2D eigenvalue weighted by molar-refractivity contribution is 4.57. The summed E-state index contributed by atoms with van der Waals surface area (Å²) >= 11 is 0. The van der Waals surface area contributed by atoms with Crippen LogP contribution in [0.2, 0.25) is 0 Å². The van der Waals surface area contributed by atoms with Crippen LogP contribution in [0.4, 0.5) is 0 Å². The third-order valence-corrected chi connectivity index (χ3v) is 1.76. The maximum atomic E-state index is 10.4. The van der Waals surface area contributed by atoms with Crippen molar-refractivity contribution in [2.24, 2.45) is 11.5 Å². The maximum Gasteiger partial charge on any atom is 0.0949 e. The first-order valence-corrected chi connectivity index (χ1v) is 4.55. The van der Waals surface area contributed by atoms with Crippen LogP contribution in [0, 0.1) is 0 Å². The molecule has 0 atom stereocenters. The van der Waals surface area contributed by atoms with E-state index in [9.17, 15) is 5.11 Å². The van der Waals surface area contributed by atoms with Crippen LogP contribution in [0.15, 0.2) is 0 Å². The highest BCUT2D eigenvalue weighted by Crippen LogP contribution is 1.92. The number of nitrogens with zero attached hydrogens (tertiary/aromatic N) is 1. The predicted molar refractivity (Wildman–Crippen MR) is 49.3 cm³/mol. The fourth-order valence-corrected chi connectivity index (χ4v) is 1.09. The Labute approximate surface area is 74.5 Å². The molecule has 0 aliphatic carbocycles. The van der Waals surface area contributed by atoms with Gasteiger partial charge in [-0.3, -0.25) is 0 Å². The van der Waals surface area contributed by atoms with E-state index in [4.69, 9.17) is 11.5 Å². The predicted octanol–water partition coefficient (Wildman–Crippen LogP) is -0.583. The third-order valence-electron chi connectivity index (χ3n) is 1.76. The number of nitrogens with two attached hydrogens (primary N) is 2. The molecule has 73 valence electrons. The molecule has 0 saturated carbocycles. The molecule has 0 aromatic carbocycles. The van der Waals surface area contributed by atoms with Crippen LogP contribution >= 0.6 is 0 Å². The molecule has 0 rings (SSSR count). The van der Waals surface area contributed by atoms with E-state index in [2.05, 4.69) is 4.90 Å². The smallest absolute Gasteiger partial charge is 0.0949 e. The molecular weight excluding hydrogens is 154 g/mol. The normalized spacial score (nSPS) is 11.0. The quantitative estimate of drug-likeness (QED) is 0.517. The molecule has 12 heavy (non-hydrogen) atoms. The van der Waals surface area contributed by atoms with Gasteiger partial charge in [-0.2, -0.15) is 0 Å². The van der Waals surface area contributed by atoms with E-state index < -0.39 is 0 Å². The van der Waals surface area contributed by atoms with Crippen LogP contribution in [0.25, 0.3) is 0 Å². The van der Waals surface area contributed by atoms with Crippen molar-refractivity contribution in [3.63, 3.8) is 0 Å². The zero-order chi connectivity index (χ0) is 9.23. The van der Waals surface area contributed by atoms with E-state index in [0.29, 0.717) is 19.6 Å². The SMILES string of the molecule is NCCCN(CC[O])CCCN. The summed E-state index contributed by atoms with van der Waals surface area (Å²) in [5.41, 5.74) is 10.7. The lowest BCUT2D eigenvalue weighted by molar-refractivity contribution is 0.139. The largest absolute Gasteiger partial charge is 0.330 e. The summed E-state index contributed by atoms with van der Waals surface area (Å²) < 4.78 is 0. The Kier molecular flexibility index (Phi) is 8.81. The fraction of sp³-hybridized carbons (Fsp3) is 1.00. The molecule has 4 heteroatoms. The monoisotopic (exact) mass is 174 g/mol. The van der Waals surface area contributed by atoms with Crippen molar-refractivity contribution in [2.75, 3.05) is 39.3 Å². The van der Waals surface area contributed by atoms with Crippen LogP contribution in [-0.2, 0) is 5.11 Å². The van der Waals surface area contributed by atoms with E-state index in [0.717, 1.165) is 25.9 Å². The number of hydrogen-bond acceptors (Lipinski definition) is 3. The fourth-order valence-electron chi connectivity index (χ4n) is 1.09. The molecule has 1 radical (unpaired) electrons. The third kappa shape index (κ3) is 6.54. The van der Waals surface area contributed by atoms with E-state index in [1.165, 1.54) is 0 Å². The van der Waals surface area contributed by atoms with Gasteiger partial charge in [0.2, 0.25) is 0 Å². The topological polar surface area (TPSA) is 75.2 Å². The Bertz CT molecular complexity index is 82.4. The Morgan fingerprint density at radius 3 is 1.75 bits per heavy atom. The van der Waals surface area contributed by atoms with Crippen molar-refractivity contribution in [1.29, 1.82) is 0 Å². The van der Waals surface area contributed by atoms with Gasteiger partial charge < -0.3 is 16.4 Å². The van der Waals surface area contributed by atoms with Gasteiger partial charge in [-0.25, -0.2) is 5.11 Å². The molecule has 0 fully saturated rings. The van der Waals surface area contributed by atoms with Gasteiger partial charge in [-0.05, 0) is 39.0 Å². The summed E-state index contributed by atoms with van der Waals surface area (Å²) in [5, 5.41) is 10.4. The maximum absolute atomic E-state index is 10.4. The molecule has 4 nitrogen and oxygen atoms in total. The van der Waals surface area contributed by atoms with Crippen molar-refractivity contribution in [2.45, 2.75) is 12.8 Å². The van der Waals surface area contributed by atoms with Crippen molar-refractivity contribution >= 4 is 0 Å². The molecule has 0 aliphatic heterocycles. The minimum absolute atomic E-state index is 0.0326. The van der Waals surface area contributed by atoms with Gasteiger partial charge in [0.1, 0.15) is 0 Å². The van der Waals surface area contributed by atoms with Gasteiger partial charge in [0.15, 0.2) is 0 Å². The molecule has 0 aromatic rings. The van der Waals surface area contributed by atoms with Crippen LogP contribution in [-0.4, -0.2) is 44.2 Å². The van der Waals surface area contributed by atoms with Gasteiger partial charge in [-0.1, -0.05) is 0 Å². The summed E-state index contributed by atoms with van der Waals surface area (Å²) in [7, 11) is 0. The first-order valence-electron chi connectivity index (χ1n) is 4.55. The first kappa shape index (κ1) is 11.8. The second-order valence-electron chi connectivity index (χ2n) is 2.83. The van der Waals surface area contributed by atoms with Gasteiger partial charge in [0.05, 0.1) is 6.61 Å². The average Bonchev–Trinajstić information content (AvgIpc) is 2.10. The second kappa shape index (κ2) is 8.93. The van der Waals surface area contributed by atoms with Crippen LogP contribution < -0.4 is 11.5 Å². The highest BCUT2D eigenvalue weighted by atomic mass is 16.3. The van der Waals surface area contributed by atoms with Crippen molar-refractivity contribution in [1.82, 2.24) is 4.90 Å². The first-order chi connectivity index (χ1) is 5.85. The molecule has 0 aromatic heterocycles. The standard InChI is InChI=1S/C8H20N3O/c9-3-1-5-11(7-8-12)6-2-4-10/h1-10H2. The minimum Gasteiger partial charge on any atom is -0.330 e. The molecular formula is C8H20N3O. The zero-order valence-electron chi connectivity index (χ0n) is 7.67. The summed E-state index contributed by atoms with van der Waals surface area (Å²) in [6.07, 6.45) is 1.93. The summed E-state index contributed by atoms with van der Waals surface area (Å²) in [5.74, 6) is 0. The van der Waals surface area contributed by atoms with Crippen LogP contribution in [0.1, 0.15) is 12.8 Å². The van der Waals surface area contributed by atoms with E-state index in [1.807, 2.05) is 0 Å². The Morgan fingerprint density at radius 2 is 1.42 bits per heavy atom. The number of rotatable bonds is 8. The molecule has 0 unspecified atom stereocenters. The summed E-state index contributed by atoms with van der Waals surface area (Å²) in [4.78, 5) is 2.13. The van der Waals surface area contributed by atoms with Crippen molar-refractivity contribution in [3.8, 4) is 0 Å². The molecule has 0 heterocycles.